The van der Waals surface area contributed by atoms with Crippen molar-refractivity contribution in [1.29, 1.82) is 0 Å². The Balaban J connectivity index is 1.91. The molecule has 0 fully saturated rings. The Morgan fingerprint density at radius 3 is 2.55 bits per heavy atom. The highest BCUT2D eigenvalue weighted by Crippen LogP contribution is 2.14. The molecule has 0 spiro atoms. The molecule has 2 aromatic heterocycles. The fourth-order valence-electron chi connectivity index (χ4n) is 1.84. The Hall–Kier alpha value is -2.40. The summed E-state index contributed by atoms with van der Waals surface area (Å²) < 4.78 is 9.00. The first-order chi connectivity index (χ1) is 9.76. The molecule has 0 bridgehead atoms. The van der Waals surface area contributed by atoms with E-state index in [1.807, 2.05) is 58.2 Å². The van der Waals surface area contributed by atoms with Crippen LogP contribution in [0.25, 0.3) is 11.5 Å². The Bertz CT molecular complexity index is 707. The zero-order valence-electron chi connectivity index (χ0n) is 10.8. The van der Waals surface area contributed by atoms with Gasteiger partial charge in [-0.3, -0.25) is 0 Å². The molecule has 0 radical (unpaired) electrons. The maximum Gasteiger partial charge on any atom is 0.292 e. The van der Waals surface area contributed by atoms with Gasteiger partial charge in [0.15, 0.2) is 11.5 Å². The molecule has 5 nitrogen and oxygen atoms in total. The average molecular weight is 288 g/mol. The standard InChI is InChI=1S/C14H12ClN4O/c1-20-12-4-2-11(3-5-12)18-8-9-19(10-18)14-7-6-13(15)16-17-14/h2-10H,1H3/q+1. The number of halogens is 1. The summed E-state index contributed by atoms with van der Waals surface area (Å²) in [5, 5.41) is 8.24. The quantitative estimate of drug-likeness (QED) is 0.694. The van der Waals surface area contributed by atoms with Gasteiger partial charge in [-0.1, -0.05) is 16.7 Å². The van der Waals surface area contributed by atoms with E-state index in [-0.39, 0.29) is 0 Å². The highest BCUT2D eigenvalue weighted by atomic mass is 35.5. The minimum Gasteiger partial charge on any atom is -0.497 e. The lowest BCUT2D eigenvalue weighted by Gasteiger charge is -2.00. The van der Waals surface area contributed by atoms with E-state index in [9.17, 15) is 0 Å². The van der Waals surface area contributed by atoms with Crippen molar-refractivity contribution >= 4 is 11.6 Å². The van der Waals surface area contributed by atoms with Gasteiger partial charge in [0.25, 0.3) is 5.82 Å². The van der Waals surface area contributed by atoms with Crippen LogP contribution in [0.2, 0.25) is 5.15 Å². The Morgan fingerprint density at radius 2 is 1.90 bits per heavy atom. The number of imidazole rings is 1. The smallest absolute Gasteiger partial charge is 0.292 e. The van der Waals surface area contributed by atoms with Gasteiger partial charge in [-0.15, -0.1) is 0 Å². The summed E-state index contributed by atoms with van der Waals surface area (Å²) in [6, 6.07) is 11.3. The molecule has 0 amide bonds. The van der Waals surface area contributed by atoms with Crippen LogP contribution in [0.4, 0.5) is 0 Å². The van der Waals surface area contributed by atoms with Crippen LogP contribution < -0.4 is 9.30 Å². The van der Waals surface area contributed by atoms with E-state index in [0.29, 0.717) is 11.0 Å². The van der Waals surface area contributed by atoms with Crippen LogP contribution >= 0.6 is 11.6 Å². The molecule has 20 heavy (non-hydrogen) atoms. The van der Waals surface area contributed by atoms with Crippen molar-refractivity contribution in [1.82, 2.24) is 14.8 Å². The van der Waals surface area contributed by atoms with Crippen molar-refractivity contribution in [3.8, 4) is 17.3 Å². The van der Waals surface area contributed by atoms with E-state index < -0.39 is 0 Å². The third-order valence-corrected chi connectivity index (χ3v) is 3.09. The number of methoxy groups -OCH3 is 1. The number of hydrogen-bond acceptors (Lipinski definition) is 3. The molecular weight excluding hydrogens is 276 g/mol. The summed E-state index contributed by atoms with van der Waals surface area (Å²) in [6.45, 7) is 0. The maximum atomic E-state index is 5.73. The first kappa shape index (κ1) is 12.6. The van der Waals surface area contributed by atoms with Crippen molar-refractivity contribution in [2.45, 2.75) is 0 Å². The van der Waals surface area contributed by atoms with Gasteiger partial charge in [-0.05, 0) is 30.3 Å². The van der Waals surface area contributed by atoms with Gasteiger partial charge >= 0.3 is 0 Å². The third-order valence-electron chi connectivity index (χ3n) is 2.89. The van der Waals surface area contributed by atoms with E-state index >= 15 is 0 Å². The number of benzene rings is 1. The zero-order chi connectivity index (χ0) is 13.9. The summed E-state index contributed by atoms with van der Waals surface area (Å²) in [5.41, 5.74) is 1.03. The van der Waals surface area contributed by atoms with Gasteiger partial charge in [0, 0.05) is 11.2 Å². The van der Waals surface area contributed by atoms with Gasteiger partial charge < -0.3 is 4.74 Å². The summed E-state index contributed by atoms with van der Waals surface area (Å²) in [5.74, 6) is 1.54. The van der Waals surface area contributed by atoms with Crippen molar-refractivity contribution in [2.75, 3.05) is 7.11 Å². The number of ether oxygens (including phenoxy) is 1. The normalized spacial score (nSPS) is 10.5. The van der Waals surface area contributed by atoms with Crippen LogP contribution in [-0.2, 0) is 0 Å². The van der Waals surface area contributed by atoms with Crippen molar-refractivity contribution in [2.24, 2.45) is 0 Å². The van der Waals surface area contributed by atoms with Crippen LogP contribution in [0.15, 0.2) is 55.1 Å². The predicted molar refractivity (Wildman–Crippen MR) is 74.5 cm³/mol. The molecule has 0 aliphatic rings. The van der Waals surface area contributed by atoms with Crippen LogP contribution in [0, 0.1) is 0 Å². The highest BCUT2D eigenvalue weighted by Gasteiger charge is 2.09. The Morgan fingerprint density at radius 1 is 1.10 bits per heavy atom. The van der Waals surface area contributed by atoms with Crippen LogP contribution in [-0.4, -0.2) is 21.9 Å². The molecule has 3 aromatic rings. The molecule has 1 aromatic carbocycles. The number of nitrogens with zero attached hydrogens (tertiary/aromatic N) is 4. The topological polar surface area (TPSA) is 43.8 Å². The number of aromatic nitrogens is 4. The fourth-order valence-corrected chi connectivity index (χ4v) is 1.94. The lowest BCUT2D eigenvalue weighted by molar-refractivity contribution is -0.599. The Labute approximate surface area is 121 Å². The maximum absolute atomic E-state index is 5.73. The summed E-state index contributed by atoms with van der Waals surface area (Å²) >= 11 is 5.73. The lowest BCUT2D eigenvalue weighted by atomic mass is 10.3. The zero-order valence-corrected chi connectivity index (χ0v) is 11.5. The first-order valence-electron chi connectivity index (χ1n) is 5.99. The monoisotopic (exact) mass is 287 g/mol. The molecule has 0 unspecified atom stereocenters. The Kier molecular flexibility index (Phi) is 3.35. The number of rotatable bonds is 3. The molecule has 0 aliphatic carbocycles. The molecular formula is C14H12ClN4O+. The molecule has 0 aliphatic heterocycles. The SMILES string of the molecule is COc1ccc(-n2cc[n+](-c3ccc(Cl)nn3)c2)cc1. The van der Waals surface area contributed by atoms with E-state index in [4.69, 9.17) is 16.3 Å². The molecule has 100 valence electrons. The van der Waals surface area contributed by atoms with Crippen LogP contribution in [0.1, 0.15) is 0 Å². The van der Waals surface area contributed by atoms with Gasteiger partial charge in [-0.25, -0.2) is 9.13 Å². The summed E-state index contributed by atoms with van der Waals surface area (Å²) in [4.78, 5) is 0. The van der Waals surface area contributed by atoms with E-state index in [2.05, 4.69) is 10.2 Å². The van der Waals surface area contributed by atoms with E-state index in [0.717, 1.165) is 11.4 Å². The van der Waals surface area contributed by atoms with Crippen molar-refractivity contribution in [3.05, 3.63) is 60.3 Å². The second-order valence-electron chi connectivity index (χ2n) is 4.14. The van der Waals surface area contributed by atoms with Crippen LogP contribution in [0.5, 0.6) is 5.75 Å². The van der Waals surface area contributed by atoms with E-state index in [1.54, 1.807) is 13.2 Å². The number of hydrogen-bond donors (Lipinski definition) is 0. The predicted octanol–water partition coefficient (Wildman–Crippen LogP) is 2.21. The third kappa shape index (κ3) is 2.48. The second-order valence-corrected chi connectivity index (χ2v) is 4.53. The first-order valence-corrected chi connectivity index (χ1v) is 6.37. The van der Waals surface area contributed by atoms with Crippen molar-refractivity contribution < 1.29 is 9.30 Å². The van der Waals surface area contributed by atoms with Gasteiger partial charge in [0.1, 0.15) is 17.6 Å². The molecule has 0 saturated carbocycles. The van der Waals surface area contributed by atoms with Crippen molar-refractivity contribution in [3.63, 3.8) is 0 Å². The summed E-state index contributed by atoms with van der Waals surface area (Å²) in [6.07, 6.45) is 5.76. The molecule has 0 saturated heterocycles. The van der Waals surface area contributed by atoms with Gasteiger partial charge in [0.05, 0.1) is 13.3 Å². The van der Waals surface area contributed by atoms with Gasteiger partial charge in [-0.2, -0.15) is 0 Å². The highest BCUT2D eigenvalue weighted by molar-refractivity contribution is 6.29. The second kappa shape index (κ2) is 5.30. The molecule has 0 atom stereocenters. The fraction of sp³-hybridized carbons (Fsp3) is 0.0714. The molecule has 6 heteroatoms. The molecule has 2 heterocycles. The van der Waals surface area contributed by atoms with Gasteiger partial charge in [0.2, 0.25) is 0 Å². The summed E-state index contributed by atoms with van der Waals surface area (Å²) in [7, 11) is 1.65. The minimum absolute atomic E-state index is 0.379. The lowest BCUT2D eigenvalue weighted by Crippen LogP contribution is -2.29. The minimum atomic E-state index is 0.379. The van der Waals surface area contributed by atoms with Crippen LogP contribution in [0.3, 0.4) is 0 Å². The average Bonchev–Trinajstić information content (AvgIpc) is 2.98. The van der Waals surface area contributed by atoms with E-state index in [1.165, 1.54) is 0 Å². The molecule has 3 rings (SSSR count). The molecule has 0 N–H and O–H groups in total. The largest absolute Gasteiger partial charge is 0.497 e.